The number of nitrogens with zero attached hydrogens (tertiary/aromatic N) is 1. The quantitative estimate of drug-likeness (QED) is 0.765. The fourth-order valence-electron chi connectivity index (χ4n) is 3.90. The van der Waals surface area contributed by atoms with Crippen molar-refractivity contribution in [2.24, 2.45) is 0 Å². The molecule has 1 aliphatic rings. The van der Waals surface area contributed by atoms with E-state index in [2.05, 4.69) is 23.5 Å². The summed E-state index contributed by atoms with van der Waals surface area (Å²) < 4.78 is 28.2. The SMILES string of the molecule is C[C@@H]1CCC[C@H](C)N1C[C@@H](O)CNS(=O)(=O)c1cccc2c(Cl)cccc12. The number of halogens is 1. The predicted octanol–water partition coefficient (Wildman–Crippen LogP) is 3.40. The number of aliphatic hydroxyl groups is 1. The number of β-amino-alcohol motifs (C(OH)–C–C–N with tert-alkyl or cyclic N) is 1. The fourth-order valence-corrected chi connectivity index (χ4v) is 5.43. The van der Waals surface area contributed by atoms with Gasteiger partial charge in [-0.1, -0.05) is 42.3 Å². The third-order valence-electron chi connectivity index (χ3n) is 5.43. The largest absolute Gasteiger partial charge is 0.390 e. The molecule has 1 heterocycles. The minimum Gasteiger partial charge on any atom is -0.390 e. The molecule has 1 saturated heterocycles. The van der Waals surface area contributed by atoms with E-state index in [4.69, 9.17) is 11.6 Å². The van der Waals surface area contributed by atoms with Gasteiger partial charge in [0.25, 0.3) is 0 Å². The second kappa shape index (κ2) is 8.45. The van der Waals surface area contributed by atoms with Crippen LogP contribution in [-0.2, 0) is 10.0 Å². The summed E-state index contributed by atoms with van der Waals surface area (Å²) in [5, 5.41) is 12.2. The van der Waals surface area contributed by atoms with Crippen molar-refractivity contribution in [2.45, 2.75) is 56.2 Å². The zero-order valence-corrected chi connectivity index (χ0v) is 17.3. The van der Waals surface area contributed by atoms with Gasteiger partial charge >= 0.3 is 0 Å². The molecular formula is C20H27ClN2O3S. The average molecular weight is 411 g/mol. The second-order valence-electron chi connectivity index (χ2n) is 7.42. The van der Waals surface area contributed by atoms with Gasteiger partial charge < -0.3 is 5.11 Å². The van der Waals surface area contributed by atoms with Gasteiger partial charge in [-0.25, -0.2) is 13.1 Å². The van der Waals surface area contributed by atoms with Crippen molar-refractivity contribution < 1.29 is 13.5 Å². The first-order valence-electron chi connectivity index (χ1n) is 9.40. The lowest BCUT2D eigenvalue weighted by atomic mass is 9.97. The van der Waals surface area contributed by atoms with E-state index in [9.17, 15) is 13.5 Å². The molecule has 7 heteroatoms. The predicted molar refractivity (Wildman–Crippen MR) is 110 cm³/mol. The third-order valence-corrected chi connectivity index (χ3v) is 7.24. The standard InChI is InChI=1S/C20H27ClN2O3S/c1-14-6-3-7-15(2)23(14)13-16(24)12-22-27(25,26)20-11-5-8-17-18(20)9-4-10-19(17)21/h4-5,8-11,14-16,22,24H,3,6-7,12-13H2,1-2H3/t14-,15+,16-/m0/s1. The molecule has 2 aromatic rings. The number of hydrogen-bond donors (Lipinski definition) is 2. The highest BCUT2D eigenvalue weighted by atomic mass is 35.5. The molecule has 2 aromatic carbocycles. The van der Waals surface area contributed by atoms with Gasteiger partial charge in [0.15, 0.2) is 0 Å². The van der Waals surface area contributed by atoms with Crippen molar-refractivity contribution in [1.82, 2.24) is 9.62 Å². The summed E-state index contributed by atoms with van der Waals surface area (Å²) >= 11 is 6.18. The Balaban J connectivity index is 1.71. The van der Waals surface area contributed by atoms with Crippen LogP contribution in [0.3, 0.4) is 0 Å². The number of aliphatic hydroxyl groups excluding tert-OH is 1. The average Bonchev–Trinajstić information content (AvgIpc) is 2.63. The number of piperidine rings is 1. The van der Waals surface area contributed by atoms with Crippen LogP contribution in [0, 0.1) is 0 Å². The van der Waals surface area contributed by atoms with E-state index in [0.717, 1.165) is 12.8 Å². The van der Waals surface area contributed by atoms with E-state index in [1.807, 2.05) is 0 Å². The molecule has 0 radical (unpaired) electrons. The molecular weight excluding hydrogens is 384 g/mol. The Morgan fingerprint density at radius 1 is 1.15 bits per heavy atom. The number of sulfonamides is 1. The van der Waals surface area contributed by atoms with Crippen LogP contribution in [0.1, 0.15) is 33.1 Å². The Morgan fingerprint density at radius 3 is 2.48 bits per heavy atom. The smallest absolute Gasteiger partial charge is 0.241 e. The van der Waals surface area contributed by atoms with Crippen LogP contribution in [0.25, 0.3) is 10.8 Å². The van der Waals surface area contributed by atoms with E-state index in [1.54, 1.807) is 36.4 Å². The summed E-state index contributed by atoms with van der Waals surface area (Å²) in [5.41, 5.74) is 0. The van der Waals surface area contributed by atoms with Crippen molar-refractivity contribution in [3.8, 4) is 0 Å². The monoisotopic (exact) mass is 410 g/mol. The number of nitrogens with one attached hydrogen (secondary N) is 1. The zero-order chi connectivity index (χ0) is 19.6. The van der Waals surface area contributed by atoms with Gasteiger partial charge in [0.2, 0.25) is 10.0 Å². The van der Waals surface area contributed by atoms with Crippen molar-refractivity contribution in [3.63, 3.8) is 0 Å². The zero-order valence-electron chi connectivity index (χ0n) is 15.7. The summed E-state index contributed by atoms with van der Waals surface area (Å²) in [5.74, 6) is 0. The molecule has 3 rings (SSSR count). The highest BCUT2D eigenvalue weighted by Crippen LogP contribution is 2.28. The van der Waals surface area contributed by atoms with E-state index >= 15 is 0 Å². The van der Waals surface area contributed by atoms with Gasteiger partial charge in [0.05, 0.1) is 11.0 Å². The normalized spacial score (nSPS) is 22.8. The van der Waals surface area contributed by atoms with Crippen LogP contribution >= 0.6 is 11.6 Å². The van der Waals surface area contributed by atoms with E-state index < -0.39 is 16.1 Å². The first kappa shape index (κ1) is 20.6. The number of rotatable bonds is 6. The molecule has 0 spiro atoms. The Kier molecular flexibility index (Phi) is 6.43. The minimum absolute atomic E-state index is 0.0186. The third kappa shape index (κ3) is 4.63. The highest BCUT2D eigenvalue weighted by molar-refractivity contribution is 7.89. The molecule has 2 N–H and O–H groups in total. The van der Waals surface area contributed by atoms with E-state index in [0.29, 0.717) is 34.4 Å². The summed E-state index contributed by atoms with van der Waals surface area (Å²) in [4.78, 5) is 2.44. The summed E-state index contributed by atoms with van der Waals surface area (Å²) in [6, 6.07) is 11.0. The Bertz CT molecular complexity index is 893. The summed E-state index contributed by atoms with van der Waals surface area (Å²) in [6.07, 6.45) is 2.66. The number of likely N-dealkylation sites (tertiary alicyclic amines) is 1. The summed E-state index contributed by atoms with van der Waals surface area (Å²) in [7, 11) is -3.75. The second-order valence-corrected chi connectivity index (χ2v) is 9.57. The summed E-state index contributed by atoms with van der Waals surface area (Å²) in [6.45, 7) is 4.76. The molecule has 0 saturated carbocycles. The molecule has 0 aliphatic carbocycles. The van der Waals surface area contributed by atoms with Crippen LogP contribution in [0.4, 0.5) is 0 Å². The van der Waals surface area contributed by atoms with Crippen molar-refractivity contribution in [1.29, 1.82) is 0 Å². The van der Waals surface area contributed by atoms with E-state index in [-0.39, 0.29) is 11.4 Å². The molecule has 1 fully saturated rings. The lowest BCUT2D eigenvalue weighted by Crippen LogP contribution is -2.49. The molecule has 1 aliphatic heterocycles. The van der Waals surface area contributed by atoms with Crippen LogP contribution in [0.2, 0.25) is 5.02 Å². The van der Waals surface area contributed by atoms with Crippen LogP contribution < -0.4 is 4.72 Å². The minimum atomic E-state index is -3.75. The maximum Gasteiger partial charge on any atom is 0.241 e. The molecule has 148 valence electrons. The number of benzene rings is 2. The number of fused-ring (bicyclic) bond motifs is 1. The lowest BCUT2D eigenvalue weighted by molar-refractivity contribution is 0.0438. The Labute approximate surface area is 166 Å². The topological polar surface area (TPSA) is 69.6 Å². The molecule has 5 nitrogen and oxygen atoms in total. The Morgan fingerprint density at radius 2 is 1.78 bits per heavy atom. The lowest BCUT2D eigenvalue weighted by Gasteiger charge is -2.40. The molecule has 0 unspecified atom stereocenters. The van der Waals surface area contributed by atoms with Crippen LogP contribution in [0.5, 0.6) is 0 Å². The first-order chi connectivity index (χ1) is 12.8. The van der Waals surface area contributed by atoms with Crippen molar-refractivity contribution in [3.05, 3.63) is 41.4 Å². The van der Waals surface area contributed by atoms with Gasteiger partial charge in [-0.15, -0.1) is 0 Å². The van der Waals surface area contributed by atoms with Crippen LogP contribution in [0.15, 0.2) is 41.3 Å². The Hall–Kier alpha value is -1.18. The van der Waals surface area contributed by atoms with Crippen LogP contribution in [-0.4, -0.2) is 49.7 Å². The van der Waals surface area contributed by atoms with E-state index in [1.165, 1.54) is 6.42 Å². The van der Waals surface area contributed by atoms with Gasteiger partial charge in [-0.05, 0) is 38.8 Å². The fraction of sp³-hybridized carbons (Fsp3) is 0.500. The molecule has 27 heavy (non-hydrogen) atoms. The maximum absolute atomic E-state index is 12.8. The molecule has 3 atom stereocenters. The van der Waals surface area contributed by atoms with Gasteiger partial charge in [0, 0.05) is 41.0 Å². The van der Waals surface area contributed by atoms with Gasteiger partial charge in [-0.2, -0.15) is 0 Å². The molecule has 0 amide bonds. The van der Waals surface area contributed by atoms with Crippen molar-refractivity contribution >= 4 is 32.4 Å². The highest BCUT2D eigenvalue weighted by Gasteiger charge is 2.27. The van der Waals surface area contributed by atoms with Gasteiger partial charge in [-0.3, -0.25) is 4.90 Å². The molecule has 0 aromatic heterocycles. The first-order valence-corrected chi connectivity index (χ1v) is 11.3. The van der Waals surface area contributed by atoms with Crippen molar-refractivity contribution in [2.75, 3.05) is 13.1 Å². The number of hydrogen-bond acceptors (Lipinski definition) is 4. The molecule has 0 bridgehead atoms. The maximum atomic E-state index is 12.8. The van der Waals surface area contributed by atoms with Gasteiger partial charge in [0.1, 0.15) is 0 Å².